The van der Waals surface area contributed by atoms with Crippen LogP contribution in [0.25, 0.3) is 22.4 Å². The molecule has 26 heavy (non-hydrogen) atoms. The van der Waals surface area contributed by atoms with Crippen molar-refractivity contribution in [3.8, 4) is 5.69 Å². The van der Waals surface area contributed by atoms with Crippen molar-refractivity contribution in [2.24, 2.45) is 5.73 Å². The maximum absolute atomic E-state index is 13.1. The number of fused-ring (bicyclic) bond motifs is 3. The van der Waals surface area contributed by atoms with Gasteiger partial charge in [0, 0.05) is 0 Å². The van der Waals surface area contributed by atoms with Gasteiger partial charge in [0.2, 0.25) is 11.7 Å². The molecule has 0 spiro atoms. The molecular weight excluding hydrogens is 350 g/mol. The number of nitrogens with two attached hydrogens (primary N) is 1. The zero-order valence-electron chi connectivity index (χ0n) is 13.9. The maximum atomic E-state index is 13.1. The summed E-state index contributed by atoms with van der Waals surface area (Å²) in [4.78, 5) is 24.3. The Hall–Kier alpha value is -3.13. The van der Waals surface area contributed by atoms with Gasteiger partial charge in [-0.1, -0.05) is 41.6 Å². The Bertz CT molecular complexity index is 1190. The summed E-state index contributed by atoms with van der Waals surface area (Å²) >= 11 is 1.19. The number of aryl methyl sites for hydroxylation is 1. The summed E-state index contributed by atoms with van der Waals surface area (Å²) in [6, 6.07) is 14.9. The van der Waals surface area contributed by atoms with Crippen LogP contribution >= 0.6 is 11.8 Å². The number of rotatable bonds is 4. The lowest BCUT2D eigenvalue weighted by molar-refractivity contribution is -0.115. The lowest BCUT2D eigenvalue weighted by Crippen LogP contribution is -2.22. The molecule has 130 valence electrons. The smallest absolute Gasteiger partial charge is 0.267 e. The summed E-state index contributed by atoms with van der Waals surface area (Å²) in [7, 11) is 0. The fourth-order valence-electron chi connectivity index (χ4n) is 2.83. The van der Waals surface area contributed by atoms with Gasteiger partial charge in [-0.05, 0) is 31.2 Å². The van der Waals surface area contributed by atoms with Gasteiger partial charge in [-0.2, -0.15) is 0 Å². The van der Waals surface area contributed by atoms with Crippen molar-refractivity contribution >= 4 is 34.3 Å². The molecule has 0 radical (unpaired) electrons. The monoisotopic (exact) mass is 365 g/mol. The Labute approximate surface area is 152 Å². The first-order valence-corrected chi connectivity index (χ1v) is 8.92. The van der Waals surface area contributed by atoms with Crippen molar-refractivity contribution < 1.29 is 4.79 Å². The van der Waals surface area contributed by atoms with Gasteiger partial charge in [-0.25, -0.2) is 4.57 Å². The second-order valence-electron chi connectivity index (χ2n) is 5.87. The Morgan fingerprint density at radius 2 is 1.85 bits per heavy atom. The Morgan fingerprint density at radius 1 is 1.12 bits per heavy atom. The summed E-state index contributed by atoms with van der Waals surface area (Å²) in [5.41, 5.74) is 7.57. The van der Waals surface area contributed by atoms with Crippen molar-refractivity contribution in [1.29, 1.82) is 0 Å². The number of hydrogen-bond acceptors (Lipinski definition) is 5. The van der Waals surface area contributed by atoms with E-state index in [0.29, 0.717) is 27.5 Å². The number of nitrogens with zero attached hydrogens (tertiary/aromatic N) is 4. The number of primary amides is 1. The molecule has 7 nitrogen and oxygen atoms in total. The third-order valence-electron chi connectivity index (χ3n) is 4.03. The van der Waals surface area contributed by atoms with Gasteiger partial charge in [-0.3, -0.25) is 14.0 Å². The average molecular weight is 365 g/mol. The largest absolute Gasteiger partial charge is 0.369 e. The number of amides is 1. The molecule has 0 fully saturated rings. The molecule has 0 unspecified atom stereocenters. The van der Waals surface area contributed by atoms with Crippen molar-refractivity contribution in [3.63, 3.8) is 0 Å². The fraction of sp³-hybridized carbons (Fsp3) is 0.111. The number of benzene rings is 2. The molecule has 0 atom stereocenters. The molecule has 2 N–H and O–H groups in total. The van der Waals surface area contributed by atoms with E-state index in [4.69, 9.17) is 5.73 Å². The van der Waals surface area contributed by atoms with E-state index < -0.39 is 5.91 Å². The number of thioether (sulfide) groups is 1. The summed E-state index contributed by atoms with van der Waals surface area (Å²) in [5, 5.41) is 9.43. The maximum Gasteiger partial charge on any atom is 0.267 e. The molecule has 0 saturated carbocycles. The molecule has 2 heterocycles. The minimum absolute atomic E-state index is 0.0821. The van der Waals surface area contributed by atoms with E-state index in [2.05, 4.69) is 10.2 Å². The first-order chi connectivity index (χ1) is 12.6. The van der Waals surface area contributed by atoms with Gasteiger partial charge in [0.1, 0.15) is 0 Å². The SMILES string of the molecule is Cc1ccc(-n2c(=O)c3ccccc3n3c(SCC(N)=O)nnc23)cc1. The second-order valence-corrected chi connectivity index (χ2v) is 6.81. The fourth-order valence-corrected chi connectivity index (χ4v) is 3.51. The Balaban J connectivity index is 2.08. The van der Waals surface area contributed by atoms with Gasteiger partial charge in [0.15, 0.2) is 5.16 Å². The molecule has 4 rings (SSSR count). The molecule has 0 aliphatic rings. The van der Waals surface area contributed by atoms with Crippen LogP contribution < -0.4 is 11.3 Å². The molecule has 0 bridgehead atoms. The van der Waals surface area contributed by atoms with E-state index >= 15 is 0 Å². The summed E-state index contributed by atoms with van der Waals surface area (Å²) in [6.07, 6.45) is 0. The van der Waals surface area contributed by atoms with Gasteiger partial charge < -0.3 is 5.73 Å². The zero-order chi connectivity index (χ0) is 18.3. The molecule has 2 aromatic heterocycles. The molecule has 8 heteroatoms. The van der Waals surface area contributed by atoms with Crippen molar-refractivity contribution in [1.82, 2.24) is 19.2 Å². The number of carbonyl (C=O) groups is 1. The van der Waals surface area contributed by atoms with Crippen LogP contribution in [0.4, 0.5) is 0 Å². The number of aromatic nitrogens is 4. The number of hydrogen-bond donors (Lipinski definition) is 1. The lowest BCUT2D eigenvalue weighted by Gasteiger charge is -2.11. The second kappa shape index (κ2) is 6.30. The van der Waals surface area contributed by atoms with Crippen LogP contribution in [0.15, 0.2) is 58.5 Å². The van der Waals surface area contributed by atoms with Crippen molar-refractivity contribution in [2.75, 3.05) is 5.75 Å². The van der Waals surface area contributed by atoms with Crippen molar-refractivity contribution in [2.45, 2.75) is 12.1 Å². The zero-order valence-corrected chi connectivity index (χ0v) is 14.7. The highest BCUT2D eigenvalue weighted by Crippen LogP contribution is 2.23. The van der Waals surface area contributed by atoms with Gasteiger partial charge in [0.05, 0.1) is 22.3 Å². The van der Waals surface area contributed by atoms with Gasteiger partial charge in [-0.15, -0.1) is 10.2 Å². The lowest BCUT2D eigenvalue weighted by atomic mass is 10.2. The summed E-state index contributed by atoms with van der Waals surface area (Å²) < 4.78 is 3.31. The van der Waals surface area contributed by atoms with E-state index in [0.717, 1.165) is 5.56 Å². The normalized spacial score (nSPS) is 11.3. The van der Waals surface area contributed by atoms with E-state index in [1.54, 1.807) is 10.5 Å². The Kier molecular flexibility index (Phi) is 3.96. The third kappa shape index (κ3) is 2.64. The molecule has 2 aromatic carbocycles. The predicted molar refractivity (Wildman–Crippen MR) is 101 cm³/mol. The molecule has 0 aliphatic carbocycles. The van der Waals surface area contributed by atoms with Crippen LogP contribution in [0.1, 0.15) is 5.56 Å². The predicted octanol–water partition coefficient (Wildman–Crippen LogP) is 1.92. The van der Waals surface area contributed by atoms with Crippen LogP contribution in [0.3, 0.4) is 0 Å². The van der Waals surface area contributed by atoms with Crippen LogP contribution in [0.2, 0.25) is 0 Å². The number of para-hydroxylation sites is 1. The minimum atomic E-state index is -0.442. The summed E-state index contributed by atoms with van der Waals surface area (Å²) in [5.74, 6) is 0.0335. The van der Waals surface area contributed by atoms with E-state index in [9.17, 15) is 9.59 Å². The van der Waals surface area contributed by atoms with E-state index in [-0.39, 0.29) is 11.3 Å². The Morgan fingerprint density at radius 3 is 2.58 bits per heavy atom. The molecule has 0 aliphatic heterocycles. The average Bonchev–Trinajstić information content (AvgIpc) is 3.05. The molecular formula is C18H15N5O2S. The van der Waals surface area contributed by atoms with E-state index in [1.165, 1.54) is 16.3 Å². The highest BCUT2D eigenvalue weighted by atomic mass is 32.2. The van der Waals surface area contributed by atoms with Crippen LogP contribution in [-0.4, -0.2) is 30.8 Å². The van der Waals surface area contributed by atoms with Gasteiger partial charge in [0.25, 0.3) is 5.56 Å². The number of carbonyl (C=O) groups excluding carboxylic acids is 1. The standard InChI is InChI=1S/C18H15N5O2S/c1-11-6-8-12(9-7-11)22-16(25)13-4-2-3-5-14(13)23-17(22)20-21-18(23)26-10-15(19)24/h2-9H,10H2,1H3,(H2,19,24). The van der Waals surface area contributed by atoms with Gasteiger partial charge >= 0.3 is 0 Å². The highest BCUT2D eigenvalue weighted by molar-refractivity contribution is 7.99. The molecule has 1 amide bonds. The quantitative estimate of drug-likeness (QED) is 0.558. The molecule has 4 aromatic rings. The molecule has 0 saturated heterocycles. The first-order valence-electron chi connectivity index (χ1n) is 7.93. The highest BCUT2D eigenvalue weighted by Gasteiger charge is 2.18. The topological polar surface area (TPSA) is 95.3 Å². The van der Waals surface area contributed by atoms with E-state index in [1.807, 2.05) is 49.4 Å². The van der Waals surface area contributed by atoms with Crippen LogP contribution in [0, 0.1) is 6.92 Å². The first kappa shape index (κ1) is 16.3. The van der Waals surface area contributed by atoms with Crippen molar-refractivity contribution in [3.05, 3.63) is 64.4 Å². The minimum Gasteiger partial charge on any atom is -0.369 e. The third-order valence-corrected chi connectivity index (χ3v) is 4.98. The summed E-state index contributed by atoms with van der Waals surface area (Å²) in [6.45, 7) is 1.98. The van der Waals surface area contributed by atoms with Crippen LogP contribution in [0.5, 0.6) is 0 Å². The van der Waals surface area contributed by atoms with Crippen LogP contribution in [-0.2, 0) is 4.79 Å².